The number of aliphatic carboxylic acids is 5. The minimum Gasteiger partial charge on any atom is -0.550 e. The highest BCUT2D eigenvalue weighted by molar-refractivity contribution is 5.85. The Balaban J connectivity index is 6.89. The maximum absolute atomic E-state index is 13.8. The van der Waals surface area contributed by atoms with Gasteiger partial charge in [-0.25, -0.2) is 0 Å². The van der Waals surface area contributed by atoms with Crippen LogP contribution in [0.5, 0.6) is 0 Å². The third-order valence-electron chi connectivity index (χ3n) is 9.87. The van der Waals surface area contributed by atoms with Gasteiger partial charge < -0.3 is 45.2 Å². The van der Waals surface area contributed by atoms with Crippen molar-refractivity contribution < 1.29 is 54.3 Å². The first kappa shape index (κ1) is 42.8. The van der Waals surface area contributed by atoms with Crippen molar-refractivity contribution >= 4 is 35.8 Å². The Morgan fingerprint density at radius 2 is 1.02 bits per heavy atom. The van der Waals surface area contributed by atoms with Gasteiger partial charge in [0.05, 0.1) is 11.8 Å². The fourth-order valence-corrected chi connectivity index (χ4v) is 6.96. The minimum absolute atomic E-state index is 0.201. The van der Waals surface area contributed by atoms with E-state index < -0.39 is 100 Å². The molecule has 0 aromatic carbocycles. The van der Waals surface area contributed by atoms with Crippen molar-refractivity contribution in [3.8, 4) is 0 Å². The molecule has 3 N–H and O–H groups in total. The van der Waals surface area contributed by atoms with Crippen molar-refractivity contribution in [1.82, 2.24) is 5.32 Å². The number of carboxylic acids is 5. The molecule has 12 heteroatoms. The van der Waals surface area contributed by atoms with Gasteiger partial charge in [0.25, 0.3) is 0 Å². The summed E-state index contributed by atoms with van der Waals surface area (Å²) in [6.07, 6.45) is 4.90. The third-order valence-corrected chi connectivity index (χ3v) is 9.87. The van der Waals surface area contributed by atoms with Gasteiger partial charge in [-0.1, -0.05) is 101 Å². The molecule has 1 amide bonds. The van der Waals surface area contributed by atoms with Crippen LogP contribution in [-0.4, -0.2) is 52.5 Å². The molecular weight excluding hydrogens is 598 g/mol. The number of rotatable bonds is 24. The van der Waals surface area contributed by atoms with Gasteiger partial charge in [-0.3, -0.25) is 14.4 Å². The summed E-state index contributed by atoms with van der Waals surface area (Å²) in [5.74, 6) is -18.0. The lowest BCUT2D eigenvalue weighted by molar-refractivity contribution is -0.319. The molecule has 12 nitrogen and oxygen atoms in total. The molecule has 0 aliphatic carbocycles. The highest BCUT2D eigenvalue weighted by atomic mass is 16.4. The van der Waals surface area contributed by atoms with Crippen LogP contribution < -0.4 is 20.6 Å². The van der Waals surface area contributed by atoms with Crippen LogP contribution in [0.15, 0.2) is 0 Å². The normalized spacial score (nSPS) is 16.4. The Morgan fingerprint density at radius 3 is 1.43 bits per heavy atom. The molecule has 266 valence electrons. The van der Waals surface area contributed by atoms with Crippen LogP contribution in [0.1, 0.15) is 120 Å². The first-order chi connectivity index (χ1) is 21.0. The quantitative estimate of drug-likeness (QED) is 0.127. The van der Waals surface area contributed by atoms with Gasteiger partial charge in [0, 0.05) is 48.1 Å². The van der Waals surface area contributed by atoms with Gasteiger partial charge in [0.1, 0.15) is 0 Å². The summed E-state index contributed by atoms with van der Waals surface area (Å²) in [4.78, 5) is 75.6. The summed E-state index contributed by atoms with van der Waals surface area (Å²) in [5.41, 5.74) is -4.11. The summed E-state index contributed by atoms with van der Waals surface area (Å²) in [7, 11) is 0. The number of hydrogen-bond donors (Lipinski definition) is 3. The predicted octanol–water partition coefficient (Wildman–Crippen LogP) is 1.87. The van der Waals surface area contributed by atoms with E-state index in [0.29, 0.717) is 6.42 Å². The Kier molecular flexibility index (Phi) is 17.0. The summed E-state index contributed by atoms with van der Waals surface area (Å²) < 4.78 is 0. The van der Waals surface area contributed by atoms with Gasteiger partial charge in [0.2, 0.25) is 5.91 Å². The van der Waals surface area contributed by atoms with Gasteiger partial charge in [-0.15, -0.1) is 0 Å². The first-order valence-corrected chi connectivity index (χ1v) is 16.4. The van der Waals surface area contributed by atoms with E-state index >= 15 is 0 Å². The second kappa shape index (κ2) is 18.2. The number of unbranched alkanes of at least 4 members (excludes halogenated alkanes) is 5. The maximum atomic E-state index is 13.8. The Labute approximate surface area is 273 Å². The van der Waals surface area contributed by atoms with Crippen LogP contribution in [0.3, 0.4) is 0 Å². The average molecular weight is 655 g/mol. The van der Waals surface area contributed by atoms with E-state index in [0.717, 1.165) is 32.1 Å². The second-order valence-electron chi connectivity index (χ2n) is 14.9. The molecule has 0 rings (SSSR count). The smallest absolute Gasteiger partial charge is 0.307 e. The molecule has 0 fully saturated rings. The molecule has 0 saturated heterocycles. The van der Waals surface area contributed by atoms with Gasteiger partial charge in [0.15, 0.2) is 0 Å². The monoisotopic (exact) mass is 654 g/mol. The van der Waals surface area contributed by atoms with Crippen molar-refractivity contribution in [2.75, 3.05) is 6.54 Å². The summed E-state index contributed by atoms with van der Waals surface area (Å²) in [5, 5.41) is 59.9. The van der Waals surface area contributed by atoms with Crippen molar-refractivity contribution in [2.45, 2.75) is 120 Å². The molecule has 0 bridgehead atoms. The van der Waals surface area contributed by atoms with Gasteiger partial charge in [-0.2, -0.15) is 0 Å². The maximum Gasteiger partial charge on any atom is 0.307 e. The summed E-state index contributed by atoms with van der Waals surface area (Å²) in [6, 6.07) is 0. The lowest BCUT2D eigenvalue weighted by Gasteiger charge is -2.47. The minimum atomic E-state index is -1.71. The largest absolute Gasteiger partial charge is 0.550 e. The first-order valence-electron chi connectivity index (χ1n) is 16.4. The molecule has 0 aromatic rings. The third kappa shape index (κ3) is 12.2. The number of hydrogen-bond acceptors (Lipinski definition) is 9. The van der Waals surface area contributed by atoms with Crippen LogP contribution in [0.25, 0.3) is 0 Å². The lowest BCUT2D eigenvalue weighted by Crippen LogP contribution is -2.54. The molecule has 0 spiro atoms. The molecule has 6 unspecified atom stereocenters. The van der Waals surface area contributed by atoms with E-state index in [4.69, 9.17) is 0 Å². The van der Waals surface area contributed by atoms with E-state index in [9.17, 15) is 54.3 Å². The highest BCUT2D eigenvalue weighted by Crippen LogP contribution is 2.48. The van der Waals surface area contributed by atoms with Crippen molar-refractivity contribution in [2.24, 2.45) is 51.8 Å². The SMILES string of the molecule is CCCCCCCCNC(=O)C(CC(C)(C)C(C(=O)[O-])C(C)C(=O)O)C(C(=O)[O-])C(C)(C)CC(C(=O)O)C(C(=O)[O-])C(C)(C)CC. The number of nitrogens with one attached hydrogen (secondary N) is 1. The van der Waals surface area contributed by atoms with E-state index in [1.807, 2.05) is 0 Å². The highest BCUT2D eigenvalue weighted by Gasteiger charge is 2.49. The molecule has 0 saturated carbocycles. The van der Waals surface area contributed by atoms with Crippen LogP contribution in [0, 0.1) is 51.8 Å². The van der Waals surface area contributed by atoms with Crippen molar-refractivity contribution in [1.29, 1.82) is 0 Å². The molecule has 6 atom stereocenters. The van der Waals surface area contributed by atoms with Gasteiger partial charge in [-0.05, 0) is 35.5 Å². The lowest BCUT2D eigenvalue weighted by atomic mass is 9.59. The summed E-state index contributed by atoms with van der Waals surface area (Å²) >= 11 is 0. The molecule has 0 radical (unpaired) electrons. The standard InChI is InChI=1S/C34H59NO11/c1-10-12-13-14-15-16-17-35-26(36)21(18-33(6,7)23(29(41)42)20(3)27(37)38)24(30(43)44)34(8,9)19-22(28(39)40)25(31(45)46)32(4,5)11-2/h20-25H,10-19H2,1-9H3,(H,35,36)(H,37,38)(H,39,40)(H,41,42)(H,43,44)(H,45,46)/p-3. The molecule has 46 heavy (non-hydrogen) atoms. The Morgan fingerprint density at radius 1 is 0.609 bits per heavy atom. The topological polar surface area (TPSA) is 224 Å². The number of amides is 1. The van der Waals surface area contributed by atoms with E-state index in [1.165, 1.54) is 34.6 Å². The molecule has 0 aliphatic heterocycles. The number of carboxylic acid groups (broad SMARTS) is 5. The fourth-order valence-electron chi connectivity index (χ4n) is 6.96. The molecule has 0 aromatic heterocycles. The van der Waals surface area contributed by atoms with Crippen LogP contribution >= 0.6 is 0 Å². The Bertz CT molecular complexity index is 1070. The zero-order chi connectivity index (χ0) is 36.2. The average Bonchev–Trinajstić information content (AvgIpc) is 2.90. The van der Waals surface area contributed by atoms with Crippen LogP contribution in [0.4, 0.5) is 0 Å². The van der Waals surface area contributed by atoms with Crippen LogP contribution in [-0.2, 0) is 28.8 Å². The molecule has 0 heterocycles. The van der Waals surface area contributed by atoms with Gasteiger partial charge >= 0.3 is 11.9 Å². The number of carbonyl (C=O) groups excluding carboxylic acids is 4. The van der Waals surface area contributed by atoms with Crippen molar-refractivity contribution in [3.05, 3.63) is 0 Å². The Hall–Kier alpha value is -3.18. The predicted molar refractivity (Wildman–Crippen MR) is 164 cm³/mol. The number of carbonyl (C=O) groups is 6. The zero-order valence-corrected chi connectivity index (χ0v) is 29.1. The fraction of sp³-hybridized carbons (Fsp3) is 0.824. The molecular formula is C34H56NO11-3. The van der Waals surface area contributed by atoms with Crippen LogP contribution in [0.2, 0.25) is 0 Å². The van der Waals surface area contributed by atoms with Crippen molar-refractivity contribution in [3.63, 3.8) is 0 Å². The molecule has 0 aliphatic rings. The van der Waals surface area contributed by atoms with E-state index in [-0.39, 0.29) is 13.0 Å². The summed E-state index contributed by atoms with van der Waals surface area (Å²) in [6.45, 7) is 14.0. The van der Waals surface area contributed by atoms with E-state index in [1.54, 1.807) is 20.8 Å². The second-order valence-corrected chi connectivity index (χ2v) is 14.9. The van der Waals surface area contributed by atoms with E-state index in [2.05, 4.69) is 12.2 Å². The zero-order valence-electron chi connectivity index (χ0n) is 29.1.